The number of nitrogens with two attached hydrogens (primary N) is 1. The van der Waals surface area contributed by atoms with E-state index in [0.29, 0.717) is 6.42 Å². The maximum Gasteiger partial charge on any atom is 0.123 e. The van der Waals surface area contributed by atoms with Crippen molar-refractivity contribution in [2.45, 2.75) is 12.5 Å². The third-order valence-corrected chi connectivity index (χ3v) is 3.37. The molecule has 3 N–H and O–H groups in total. The first kappa shape index (κ1) is 13.1. The highest BCUT2D eigenvalue weighted by molar-refractivity contribution is 9.10. The normalized spacial score (nSPS) is 12.4. The fourth-order valence-corrected chi connectivity index (χ4v) is 2.08. The van der Waals surface area contributed by atoms with Crippen molar-refractivity contribution in [3.05, 3.63) is 58.3 Å². The topological polar surface area (TPSA) is 63.8 Å². The third-order valence-electron chi connectivity index (χ3n) is 2.59. The van der Waals surface area contributed by atoms with Crippen molar-refractivity contribution in [2.75, 3.05) is 0 Å². The summed E-state index contributed by atoms with van der Waals surface area (Å²) in [6, 6.07) is 6.15. The van der Waals surface area contributed by atoms with Crippen LogP contribution in [0.4, 0.5) is 4.39 Å². The number of aromatic nitrogens is 2. The highest BCUT2D eigenvalue weighted by Crippen LogP contribution is 2.23. The van der Waals surface area contributed by atoms with Crippen molar-refractivity contribution >= 4 is 15.9 Å². The van der Waals surface area contributed by atoms with E-state index in [-0.39, 0.29) is 11.9 Å². The van der Waals surface area contributed by atoms with E-state index in [0.717, 1.165) is 15.7 Å². The van der Waals surface area contributed by atoms with Crippen LogP contribution in [0.1, 0.15) is 17.3 Å². The van der Waals surface area contributed by atoms with Gasteiger partial charge in [0.05, 0.1) is 11.7 Å². The summed E-state index contributed by atoms with van der Waals surface area (Å²) in [6.07, 6.45) is 3.64. The number of hydrazine groups is 1. The maximum atomic E-state index is 13.2. The third kappa shape index (κ3) is 3.10. The Morgan fingerprint density at radius 1 is 1.39 bits per heavy atom. The molecular weight excluding hydrogens is 299 g/mol. The lowest BCUT2D eigenvalue weighted by Crippen LogP contribution is -2.30. The average molecular weight is 311 g/mol. The van der Waals surface area contributed by atoms with Crippen LogP contribution in [0, 0.1) is 5.82 Å². The number of hydrogen-bond acceptors (Lipinski definition) is 4. The molecule has 1 atom stereocenters. The smallest absolute Gasteiger partial charge is 0.123 e. The Morgan fingerprint density at radius 2 is 2.22 bits per heavy atom. The summed E-state index contributed by atoms with van der Waals surface area (Å²) in [6.45, 7) is 0. The Morgan fingerprint density at radius 3 is 2.89 bits per heavy atom. The summed E-state index contributed by atoms with van der Waals surface area (Å²) in [4.78, 5) is 7.99. The van der Waals surface area contributed by atoms with Gasteiger partial charge < -0.3 is 0 Å². The lowest BCUT2D eigenvalue weighted by Gasteiger charge is -2.16. The molecule has 4 nitrogen and oxygen atoms in total. The molecule has 2 aromatic rings. The second-order valence-corrected chi connectivity index (χ2v) is 4.65. The number of benzene rings is 1. The molecule has 0 fully saturated rings. The molecule has 0 aliphatic carbocycles. The first-order valence-corrected chi connectivity index (χ1v) is 6.16. The summed E-state index contributed by atoms with van der Waals surface area (Å²) < 4.78 is 14.1. The van der Waals surface area contributed by atoms with Crippen LogP contribution in [0.25, 0.3) is 0 Å². The standard InChI is InChI=1S/C12H12BrFN4/c13-10-2-1-9(14)5-8(10)6-12(18-15)11-3-4-16-7-17-11/h1-5,7,12,18H,6,15H2. The van der Waals surface area contributed by atoms with Crippen LogP contribution in [0.2, 0.25) is 0 Å². The SMILES string of the molecule is NNC(Cc1cc(F)ccc1Br)c1ccncn1. The molecule has 6 heteroatoms. The van der Waals surface area contributed by atoms with E-state index in [9.17, 15) is 4.39 Å². The van der Waals surface area contributed by atoms with Gasteiger partial charge in [0, 0.05) is 10.7 Å². The Kier molecular flexibility index (Phi) is 4.35. The van der Waals surface area contributed by atoms with E-state index >= 15 is 0 Å². The van der Waals surface area contributed by atoms with Crippen molar-refractivity contribution in [1.82, 2.24) is 15.4 Å². The molecule has 18 heavy (non-hydrogen) atoms. The summed E-state index contributed by atoms with van der Waals surface area (Å²) in [5.74, 6) is 5.25. The molecule has 0 aliphatic heterocycles. The zero-order valence-electron chi connectivity index (χ0n) is 9.48. The number of hydrogen-bond donors (Lipinski definition) is 2. The summed E-state index contributed by atoms with van der Waals surface area (Å²) >= 11 is 3.39. The van der Waals surface area contributed by atoms with Gasteiger partial charge in [-0.25, -0.2) is 14.4 Å². The van der Waals surface area contributed by atoms with Gasteiger partial charge in [0.1, 0.15) is 12.1 Å². The van der Waals surface area contributed by atoms with Gasteiger partial charge in [-0.2, -0.15) is 0 Å². The minimum absolute atomic E-state index is 0.189. The van der Waals surface area contributed by atoms with Gasteiger partial charge in [-0.3, -0.25) is 11.3 Å². The lowest BCUT2D eigenvalue weighted by molar-refractivity contribution is 0.533. The highest BCUT2D eigenvalue weighted by atomic mass is 79.9. The number of nitrogens with one attached hydrogen (secondary N) is 1. The first-order valence-electron chi connectivity index (χ1n) is 5.36. The summed E-state index contributed by atoms with van der Waals surface area (Å²) in [5, 5.41) is 0. The van der Waals surface area contributed by atoms with Crippen molar-refractivity contribution < 1.29 is 4.39 Å². The summed E-state index contributed by atoms with van der Waals surface area (Å²) in [5.41, 5.74) is 4.28. The number of rotatable bonds is 4. The molecule has 0 aliphatic rings. The van der Waals surface area contributed by atoms with Gasteiger partial charge in [-0.15, -0.1) is 0 Å². The molecule has 1 heterocycles. The Labute approximate surface area is 113 Å². The summed E-state index contributed by atoms with van der Waals surface area (Å²) in [7, 11) is 0. The average Bonchev–Trinajstić information content (AvgIpc) is 2.41. The molecule has 0 saturated heterocycles. The van der Waals surface area contributed by atoms with Crippen LogP contribution < -0.4 is 11.3 Å². The van der Waals surface area contributed by atoms with Crippen LogP contribution in [0.3, 0.4) is 0 Å². The van der Waals surface area contributed by atoms with Crippen molar-refractivity contribution in [1.29, 1.82) is 0 Å². The van der Waals surface area contributed by atoms with Gasteiger partial charge in [0.15, 0.2) is 0 Å². The first-order chi connectivity index (χ1) is 8.70. The van der Waals surface area contributed by atoms with Gasteiger partial charge >= 0.3 is 0 Å². The largest absolute Gasteiger partial charge is 0.271 e. The maximum absolute atomic E-state index is 13.2. The van der Waals surface area contributed by atoms with Gasteiger partial charge in [-0.1, -0.05) is 15.9 Å². The van der Waals surface area contributed by atoms with Gasteiger partial charge in [0.2, 0.25) is 0 Å². The molecule has 0 spiro atoms. The van der Waals surface area contributed by atoms with E-state index in [2.05, 4.69) is 31.3 Å². The molecule has 1 aromatic heterocycles. The molecule has 1 unspecified atom stereocenters. The van der Waals surface area contributed by atoms with E-state index in [1.54, 1.807) is 18.3 Å². The lowest BCUT2D eigenvalue weighted by atomic mass is 10.0. The molecule has 0 bridgehead atoms. The number of halogens is 2. The molecule has 0 amide bonds. The van der Waals surface area contributed by atoms with Crippen LogP contribution in [0.5, 0.6) is 0 Å². The van der Waals surface area contributed by atoms with E-state index in [1.165, 1.54) is 18.5 Å². The fraction of sp³-hybridized carbons (Fsp3) is 0.167. The molecule has 0 radical (unpaired) electrons. The van der Waals surface area contributed by atoms with Gasteiger partial charge in [-0.05, 0) is 36.2 Å². The monoisotopic (exact) mass is 310 g/mol. The zero-order valence-corrected chi connectivity index (χ0v) is 11.1. The Hall–Kier alpha value is -1.37. The molecule has 2 rings (SSSR count). The van der Waals surface area contributed by atoms with E-state index in [4.69, 9.17) is 5.84 Å². The van der Waals surface area contributed by atoms with Crippen LogP contribution >= 0.6 is 15.9 Å². The Bertz CT molecular complexity index is 521. The predicted molar refractivity (Wildman–Crippen MR) is 69.9 cm³/mol. The molecule has 94 valence electrons. The van der Waals surface area contributed by atoms with E-state index < -0.39 is 0 Å². The van der Waals surface area contributed by atoms with Gasteiger partial charge in [0.25, 0.3) is 0 Å². The van der Waals surface area contributed by atoms with Crippen LogP contribution in [0.15, 0.2) is 41.3 Å². The van der Waals surface area contributed by atoms with Crippen molar-refractivity contribution in [3.63, 3.8) is 0 Å². The minimum atomic E-state index is -0.272. The number of nitrogens with zero attached hydrogens (tertiary/aromatic N) is 2. The second kappa shape index (κ2) is 5.99. The van der Waals surface area contributed by atoms with E-state index in [1.807, 2.05) is 0 Å². The molecular formula is C12H12BrFN4. The van der Waals surface area contributed by atoms with Crippen molar-refractivity contribution in [3.8, 4) is 0 Å². The highest BCUT2D eigenvalue weighted by Gasteiger charge is 2.14. The van der Waals surface area contributed by atoms with Crippen LogP contribution in [-0.4, -0.2) is 9.97 Å². The fourth-order valence-electron chi connectivity index (χ4n) is 1.68. The molecule has 1 aromatic carbocycles. The second-order valence-electron chi connectivity index (χ2n) is 3.79. The van der Waals surface area contributed by atoms with Crippen molar-refractivity contribution in [2.24, 2.45) is 5.84 Å². The minimum Gasteiger partial charge on any atom is -0.271 e. The molecule has 0 saturated carbocycles. The zero-order chi connectivity index (χ0) is 13.0. The van der Waals surface area contributed by atoms with Crippen LogP contribution in [-0.2, 0) is 6.42 Å². The quantitative estimate of drug-likeness (QED) is 0.671. The predicted octanol–water partition coefficient (Wildman–Crippen LogP) is 2.13. The Balaban J connectivity index is 2.23.